The minimum Gasteiger partial charge on any atom is -0.480 e. The molecule has 5 heteroatoms. The molecule has 0 aliphatic heterocycles. The summed E-state index contributed by atoms with van der Waals surface area (Å²) in [5, 5.41) is 11.4. The number of hydrogen-bond donors (Lipinski definition) is 2. The van der Waals surface area contributed by atoms with Crippen molar-refractivity contribution >= 4 is 11.7 Å². The molecule has 0 fully saturated rings. The Morgan fingerprint density at radius 1 is 1.29 bits per heavy atom. The molecule has 1 rings (SSSR count). The van der Waals surface area contributed by atoms with Gasteiger partial charge in [0.25, 0.3) is 0 Å². The molecule has 0 radical (unpaired) electrons. The molecular formula is C12H15F2NO2. The van der Waals surface area contributed by atoms with E-state index in [1.165, 1.54) is 6.92 Å². The lowest BCUT2D eigenvalue weighted by molar-refractivity contribution is -0.138. The zero-order valence-corrected chi connectivity index (χ0v) is 9.92. The van der Waals surface area contributed by atoms with Crippen molar-refractivity contribution in [3.63, 3.8) is 0 Å². The van der Waals surface area contributed by atoms with Gasteiger partial charge in [-0.2, -0.15) is 0 Å². The van der Waals surface area contributed by atoms with Crippen LogP contribution in [0.3, 0.4) is 0 Å². The van der Waals surface area contributed by atoms with Crippen molar-refractivity contribution in [2.24, 2.45) is 5.92 Å². The number of carbonyl (C=O) groups is 1. The predicted molar refractivity (Wildman–Crippen MR) is 61.0 cm³/mol. The summed E-state index contributed by atoms with van der Waals surface area (Å²) >= 11 is 0. The molecule has 0 saturated heterocycles. The van der Waals surface area contributed by atoms with Gasteiger partial charge in [-0.05, 0) is 24.5 Å². The molecule has 94 valence electrons. The highest BCUT2D eigenvalue weighted by atomic mass is 19.1. The lowest BCUT2D eigenvalue weighted by atomic mass is 10.0. The van der Waals surface area contributed by atoms with Gasteiger partial charge in [-0.1, -0.05) is 13.8 Å². The summed E-state index contributed by atoms with van der Waals surface area (Å²) in [7, 11) is 0. The molecule has 0 heterocycles. The van der Waals surface area contributed by atoms with Crippen molar-refractivity contribution in [1.82, 2.24) is 0 Å². The highest BCUT2D eigenvalue weighted by molar-refractivity contribution is 5.77. The fraction of sp³-hybridized carbons (Fsp3) is 0.417. The number of anilines is 1. The van der Waals surface area contributed by atoms with Crippen LogP contribution in [0.15, 0.2) is 12.1 Å². The second-order valence-electron chi connectivity index (χ2n) is 4.29. The van der Waals surface area contributed by atoms with Crippen molar-refractivity contribution in [3.05, 3.63) is 29.3 Å². The van der Waals surface area contributed by atoms with E-state index in [4.69, 9.17) is 5.11 Å². The SMILES string of the molecule is Cc1cc(F)c(NC(C(=O)O)C(C)C)cc1F. The molecule has 0 saturated carbocycles. The van der Waals surface area contributed by atoms with E-state index >= 15 is 0 Å². The van der Waals surface area contributed by atoms with E-state index in [-0.39, 0.29) is 17.2 Å². The lowest BCUT2D eigenvalue weighted by Gasteiger charge is -2.19. The van der Waals surface area contributed by atoms with Gasteiger partial charge < -0.3 is 10.4 Å². The third-order valence-corrected chi connectivity index (χ3v) is 2.49. The van der Waals surface area contributed by atoms with Gasteiger partial charge in [-0.15, -0.1) is 0 Å². The molecule has 0 aliphatic carbocycles. The first-order valence-electron chi connectivity index (χ1n) is 5.28. The smallest absolute Gasteiger partial charge is 0.326 e. The van der Waals surface area contributed by atoms with Crippen molar-refractivity contribution in [3.8, 4) is 0 Å². The number of carboxylic acids is 1. The summed E-state index contributed by atoms with van der Waals surface area (Å²) < 4.78 is 26.8. The lowest BCUT2D eigenvalue weighted by Crippen LogP contribution is -2.34. The van der Waals surface area contributed by atoms with Gasteiger partial charge in [0.1, 0.15) is 17.7 Å². The third kappa shape index (κ3) is 3.15. The van der Waals surface area contributed by atoms with Gasteiger partial charge in [0.2, 0.25) is 0 Å². The number of benzene rings is 1. The summed E-state index contributed by atoms with van der Waals surface area (Å²) in [6, 6.07) is 1.06. The maximum atomic E-state index is 13.5. The van der Waals surface area contributed by atoms with E-state index in [9.17, 15) is 13.6 Å². The van der Waals surface area contributed by atoms with Gasteiger partial charge >= 0.3 is 5.97 Å². The van der Waals surface area contributed by atoms with Crippen LogP contribution in [0.2, 0.25) is 0 Å². The standard InChI is InChI=1S/C12H15F2NO2/c1-6(2)11(12(16)17)15-10-5-8(13)7(3)4-9(10)14/h4-6,11,15H,1-3H3,(H,16,17). The minimum atomic E-state index is -1.10. The molecule has 3 nitrogen and oxygen atoms in total. The molecule has 1 aromatic rings. The van der Waals surface area contributed by atoms with Gasteiger partial charge in [-0.25, -0.2) is 13.6 Å². The molecule has 0 spiro atoms. The number of hydrogen-bond acceptors (Lipinski definition) is 2. The van der Waals surface area contributed by atoms with E-state index in [0.29, 0.717) is 0 Å². The molecule has 17 heavy (non-hydrogen) atoms. The Hall–Kier alpha value is -1.65. The average molecular weight is 243 g/mol. The maximum Gasteiger partial charge on any atom is 0.326 e. The first-order valence-corrected chi connectivity index (χ1v) is 5.28. The zero-order chi connectivity index (χ0) is 13.2. The Kier molecular flexibility index (Phi) is 4.04. The van der Waals surface area contributed by atoms with E-state index in [1.54, 1.807) is 13.8 Å². The fourth-order valence-electron chi connectivity index (χ4n) is 1.44. The second kappa shape index (κ2) is 5.12. The summed E-state index contributed by atoms with van der Waals surface area (Å²) in [5.41, 5.74) is 0.0543. The van der Waals surface area contributed by atoms with Crippen molar-refractivity contribution < 1.29 is 18.7 Å². The van der Waals surface area contributed by atoms with Gasteiger partial charge in [0.15, 0.2) is 0 Å². The van der Waals surface area contributed by atoms with Crippen molar-refractivity contribution in [2.75, 3.05) is 5.32 Å². The quantitative estimate of drug-likeness (QED) is 0.854. The highest BCUT2D eigenvalue weighted by Crippen LogP contribution is 2.21. The third-order valence-electron chi connectivity index (χ3n) is 2.49. The van der Waals surface area contributed by atoms with Crippen molar-refractivity contribution in [1.29, 1.82) is 0 Å². The Balaban J connectivity index is 3.01. The van der Waals surface area contributed by atoms with Gasteiger partial charge in [-0.3, -0.25) is 0 Å². The molecule has 0 bridgehead atoms. The number of halogens is 2. The predicted octanol–water partition coefficient (Wildman–Crippen LogP) is 2.79. The first kappa shape index (κ1) is 13.4. The molecule has 0 aromatic heterocycles. The number of nitrogens with one attached hydrogen (secondary N) is 1. The largest absolute Gasteiger partial charge is 0.480 e. The molecular weight excluding hydrogens is 228 g/mol. The Bertz CT molecular complexity index is 433. The van der Waals surface area contributed by atoms with Gasteiger partial charge in [0.05, 0.1) is 5.69 Å². The topological polar surface area (TPSA) is 49.3 Å². The maximum absolute atomic E-state index is 13.5. The second-order valence-corrected chi connectivity index (χ2v) is 4.29. The molecule has 0 aliphatic rings. The molecule has 2 N–H and O–H groups in total. The number of carboxylic acid groups (broad SMARTS) is 1. The van der Waals surface area contributed by atoms with Crippen LogP contribution >= 0.6 is 0 Å². The Morgan fingerprint density at radius 2 is 1.88 bits per heavy atom. The van der Waals surface area contributed by atoms with Crippen LogP contribution in [-0.4, -0.2) is 17.1 Å². The highest BCUT2D eigenvalue weighted by Gasteiger charge is 2.22. The van der Waals surface area contributed by atoms with Crippen LogP contribution in [0.25, 0.3) is 0 Å². The number of aliphatic carboxylic acids is 1. The van der Waals surface area contributed by atoms with E-state index in [2.05, 4.69) is 5.32 Å². The Labute approximate surface area is 98.5 Å². The van der Waals surface area contributed by atoms with E-state index in [1.807, 2.05) is 0 Å². The average Bonchev–Trinajstić information content (AvgIpc) is 2.20. The molecule has 1 atom stereocenters. The minimum absolute atomic E-state index is 0.130. The monoisotopic (exact) mass is 243 g/mol. The molecule has 1 unspecified atom stereocenters. The first-order chi connectivity index (χ1) is 7.82. The van der Waals surface area contributed by atoms with Crippen LogP contribution in [-0.2, 0) is 4.79 Å². The molecule has 1 aromatic carbocycles. The summed E-state index contributed by atoms with van der Waals surface area (Å²) in [6.45, 7) is 4.82. The van der Waals surface area contributed by atoms with Crippen molar-refractivity contribution in [2.45, 2.75) is 26.8 Å². The fourth-order valence-corrected chi connectivity index (χ4v) is 1.44. The van der Waals surface area contributed by atoms with Crippen LogP contribution in [0.1, 0.15) is 19.4 Å². The number of aryl methyl sites for hydroxylation is 1. The van der Waals surface area contributed by atoms with E-state index < -0.39 is 23.6 Å². The zero-order valence-electron chi connectivity index (χ0n) is 9.92. The summed E-state index contributed by atoms with van der Waals surface area (Å²) in [4.78, 5) is 10.9. The summed E-state index contributed by atoms with van der Waals surface area (Å²) in [6.07, 6.45) is 0. The van der Waals surface area contributed by atoms with Crippen LogP contribution < -0.4 is 5.32 Å². The van der Waals surface area contributed by atoms with E-state index in [0.717, 1.165) is 12.1 Å². The number of rotatable bonds is 4. The van der Waals surface area contributed by atoms with Gasteiger partial charge in [0, 0.05) is 6.07 Å². The Morgan fingerprint density at radius 3 is 2.35 bits per heavy atom. The summed E-state index contributed by atoms with van der Waals surface area (Å²) in [5.74, 6) is -2.56. The normalized spacial score (nSPS) is 12.6. The van der Waals surface area contributed by atoms with Crippen LogP contribution in [0.5, 0.6) is 0 Å². The molecule has 0 amide bonds. The van der Waals surface area contributed by atoms with Crippen LogP contribution in [0.4, 0.5) is 14.5 Å². The van der Waals surface area contributed by atoms with Crippen LogP contribution in [0, 0.1) is 24.5 Å².